The monoisotopic (exact) mass is 385 g/mol. The van der Waals surface area contributed by atoms with E-state index in [1.807, 2.05) is 42.6 Å². The molecule has 1 aliphatic carbocycles. The van der Waals surface area contributed by atoms with Gasteiger partial charge in [0.2, 0.25) is 0 Å². The van der Waals surface area contributed by atoms with Crippen molar-refractivity contribution in [3.05, 3.63) is 55.0 Å². The highest BCUT2D eigenvalue weighted by Gasteiger charge is 2.19. The Morgan fingerprint density at radius 2 is 2.03 bits per heavy atom. The molecule has 0 bridgehead atoms. The van der Waals surface area contributed by atoms with Gasteiger partial charge < -0.3 is 11.1 Å². The minimum atomic E-state index is 0.276. The fourth-order valence-corrected chi connectivity index (χ4v) is 4.00. The lowest BCUT2D eigenvalue weighted by molar-refractivity contribution is 0.409. The molecule has 2 atom stereocenters. The molecule has 4 aromatic heterocycles. The molecule has 0 unspecified atom stereocenters. The topological polar surface area (TPSA) is 105 Å². The Hall–Kier alpha value is -3.32. The number of fused-ring (bicyclic) bond motifs is 1. The molecule has 0 aromatic carbocycles. The van der Waals surface area contributed by atoms with Crippen molar-refractivity contribution < 1.29 is 0 Å². The summed E-state index contributed by atoms with van der Waals surface area (Å²) in [5, 5.41) is 12.1. The van der Waals surface area contributed by atoms with E-state index in [1.54, 1.807) is 12.4 Å². The number of anilines is 1. The van der Waals surface area contributed by atoms with Crippen LogP contribution < -0.4 is 11.1 Å². The Morgan fingerprint density at radius 1 is 1.07 bits per heavy atom. The number of rotatable bonds is 4. The van der Waals surface area contributed by atoms with Crippen LogP contribution >= 0.6 is 0 Å². The summed E-state index contributed by atoms with van der Waals surface area (Å²) in [5.41, 5.74) is 10.5. The first-order chi connectivity index (χ1) is 14.3. The molecule has 4 aromatic rings. The number of hydrogen-bond acceptors (Lipinski definition) is 6. The maximum absolute atomic E-state index is 6.13. The summed E-state index contributed by atoms with van der Waals surface area (Å²) in [4.78, 5) is 13.5. The van der Waals surface area contributed by atoms with Crippen LogP contribution in [0.5, 0.6) is 0 Å². The van der Waals surface area contributed by atoms with Crippen LogP contribution in [0.25, 0.3) is 33.5 Å². The summed E-state index contributed by atoms with van der Waals surface area (Å²) < 4.78 is 0. The maximum Gasteiger partial charge on any atom is 0.126 e. The van der Waals surface area contributed by atoms with Crippen LogP contribution in [0, 0.1) is 0 Å². The van der Waals surface area contributed by atoms with Crippen LogP contribution in [-0.4, -0.2) is 37.2 Å². The molecule has 7 nitrogen and oxygen atoms in total. The quantitative estimate of drug-likeness (QED) is 0.494. The molecule has 146 valence electrons. The third kappa shape index (κ3) is 3.69. The van der Waals surface area contributed by atoms with E-state index in [9.17, 15) is 0 Å². The third-order valence-corrected chi connectivity index (χ3v) is 5.46. The van der Waals surface area contributed by atoms with Crippen molar-refractivity contribution in [2.24, 2.45) is 5.73 Å². The second-order valence-electron chi connectivity index (χ2n) is 7.61. The fraction of sp³-hybridized carbons (Fsp3) is 0.273. The third-order valence-electron chi connectivity index (χ3n) is 5.46. The molecule has 1 aliphatic rings. The van der Waals surface area contributed by atoms with E-state index in [2.05, 4.69) is 25.5 Å². The summed E-state index contributed by atoms with van der Waals surface area (Å²) in [7, 11) is 0. The Bertz CT molecular complexity index is 1120. The minimum absolute atomic E-state index is 0.276. The number of nitrogens with one attached hydrogen (secondary N) is 2. The maximum atomic E-state index is 6.13. The molecule has 5 rings (SSSR count). The zero-order valence-electron chi connectivity index (χ0n) is 16.0. The summed E-state index contributed by atoms with van der Waals surface area (Å²) in [6.07, 6.45) is 9.76. The fourth-order valence-electron chi connectivity index (χ4n) is 4.00. The van der Waals surface area contributed by atoms with Gasteiger partial charge in [-0.2, -0.15) is 5.10 Å². The average Bonchev–Trinajstić information content (AvgIpc) is 3.18. The normalized spacial score (nSPS) is 19.3. The smallest absolute Gasteiger partial charge is 0.126 e. The molecule has 0 radical (unpaired) electrons. The summed E-state index contributed by atoms with van der Waals surface area (Å²) >= 11 is 0. The van der Waals surface area contributed by atoms with Gasteiger partial charge in [0.15, 0.2) is 0 Å². The average molecular weight is 385 g/mol. The van der Waals surface area contributed by atoms with Gasteiger partial charge in [0.05, 0.1) is 23.1 Å². The van der Waals surface area contributed by atoms with Gasteiger partial charge in [-0.3, -0.25) is 15.1 Å². The lowest BCUT2D eigenvalue weighted by Gasteiger charge is -2.27. The first-order valence-corrected chi connectivity index (χ1v) is 10.0. The second kappa shape index (κ2) is 7.60. The standard InChI is InChI=1S/C22H23N7/c23-15-5-1-6-16(10-15)26-21-8-2-7-18(27-21)22-17-11-19(14-4-3-9-24-12-14)25-13-20(17)28-29-22/h2-4,7-9,11-13,15-16H,1,5-6,10,23H2,(H,26,27)(H,28,29)/t15-,16+/m1/s1. The van der Waals surface area contributed by atoms with Crippen molar-refractivity contribution in [1.82, 2.24) is 25.1 Å². The summed E-state index contributed by atoms with van der Waals surface area (Å²) in [5.74, 6) is 0.860. The predicted octanol–water partition coefficient (Wildman–Crippen LogP) is 3.76. The molecule has 0 spiro atoms. The zero-order chi connectivity index (χ0) is 19.6. The molecule has 0 amide bonds. The number of aromatic amines is 1. The largest absolute Gasteiger partial charge is 0.367 e. The van der Waals surface area contributed by atoms with E-state index in [-0.39, 0.29) is 6.04 Å². The van der Waals surface area contributed by atoms with Crippen LogP contribution in [0.3, 0.4) is 0 Å². The van der Waals surface area contributed by atoms with Gasteiger partial charge in [0.25, 0.3) is 0 Å². The Kier molecular flexibility index (Phi) is 4.65. The molecule has 7 heteroatoms. The van der Waals surface area contributed by atoms with Crippen LogP contribution in [0.2, 0.25) is 0 Å². The zero-order valence-corrected chi connectivity index (χ0v) is 16.0. The minimum Gasteiger partial charge on any atom is -0.367 e. The van der Waals surface area contributed by atoms with Crippen LogP contribution in [0.15, 0.2) is 55.0 Å². The number of nitrogens with zero attached hydrogens (tertiary/aromatic N) is 4. The molecule has 0 aliphatic heterocycles. The van der Waals surface area contributed by atoms with Gasteiger partial charge in [-0.05, 0) is 56.0 Å². The highest BCUT2D eigenvalue weighted by atomic mass is 15.1. The Morgan fingerprint density at radius 3 is 2.90 bits per heavy atom. The van der Waals surface area contributed by atoms with Crippen molar-refractivity contribution in [2.45, 2.75) is 37.8 Å². The van der Waals surface area contributed by atoms with Crippen molar-refractivity contribution in [3.8, 4) is 22.6 Å². The molecule has 4 heterocycles. The second-order valence-corrected chi connectivity index (χ2v) is 7.61. The lowest BCUT2D eigenvalue weighted by atomic mass is 9.92. The highest BCUT2D eigenvalue weighted by molar-refractivity contribution is 5.93. The lowest BCUT2D eigenvalue weighted by Crippen LogP contribution is -2.35. The highest BCUT2D eigenvalue weighted by Crippen LogP contribution is 2.29. The summed E-state index contributed by atoms with van der Waals surface area (Å²) in [6.45, 7) is 0. The van der Waals surface area contributed by atoms with Gasteiger partial charge in [0, 0.05) is 35.4 Å². The van der Waals surface area contributed by atoms with Crippen molar-refractivity contribution in [3.63, 3.8) is 0 Å². The number of hydrogen-bond donors (Lipinski definition) is 3. The molecule has 4 N–H and O–H groups in total. The molecular formula is C22H23N7. The Labute approximate surface area is 168 Å². The number of aromatic nitrogens is 5. The van der Waals surface area contributed by atoms with Crippen LogP contribution in [0.1, 0.15) is 25.7 Å². The predicted molar refractivity (Wildman–Crippen MR) is 114 cm³/mol. The molecule has 0 saturated heterocycles. The van der Waals surface area contributed by atoms with E-state index in [0.29, 0.717) is 6.04 Å². The Balaban J connectivity index is 1.47. The SMILES string of the molecule is N[C@@H]1CCC[C@H](Nc2cccc(-c3n[nH]c4cnc(-c5cccnc5)cc34)n2)C1. The molecular weight excluding hydrogens is 362 g/mol. The molecule has 29 heavy (non-hydrogen) atoms. The van der Waals surface area contributed by atoms with E-state index >= 15 is 0 Å². The van der Waals surface area contributed by atoms with E-state index < -0.39 is 0 Å². The van der Waals surface area contributed by atoms with Crippen molar-refractivity contribution >= 4 is 16.7 Å². The van der Waals surface area contributed by atoms with Crippen molar-refractivity contribution in [1.29, 1.82) is 0 Å². The molecule has 1 saturated carbocycles. The first-order valence-electron chi connectivity index (χ1n) is 10.0. The van der Waals surface area contributed by atoms with Crippen molar-refractivity contribution in [2.75, 3.05) is 5.32 Å². The van der Waals surface area contributed by atoms with Gasteiger partial charge >= 0.3 is 0 Å². The van der Waals surface area contributed by atoms with Crippen LogP contribution in [0.4, 0.5) is 5.82 Å². The van der Waals surface area contributed by atoms with Crippen LogP contribution in [-0.2, 0) is 0 Å². The number of nitrogens with two attached hydrogens (primary N) is 1. The number of H-pyrrole nitrogens is 1. The van der Waals surface area contributed by atoms with E-state index in [1.165, 1.54) is 0 Å². The van der Waals surface area contributed by atoms with Gasteiger partial charge in [-0.1, -0.05) is 6.07 Å². The summed E-state index contributed by atoms with van der Waals surface area (Å²) in [6, 6.07) is 12.6. The van der Waals surface area contributed by atoms with Gasteiger partial charge in [0.1, 0.15) is 11.5 Å². The van der Waals surface area contributed by atoms with Gasteiger partial charge in [-0.15, -0.1) is 0 Å². The number of pyridine rings is 3. The van der Waals surface area contributed by atoms with E-state index in [4.69, 9.17) is 10.7 Å². The van der Waals surface area contributed by atoms with Gasteiger partial charge in [-0.25, -0.2) is 4.98 Å². The molecule has 1 fully saturated rings. The first kappa shape index (κ1) is 17.8. The van der Waals surface area contributed by atoms with E-state index in [0.717, 1.165) is 65.0 Å².